The van der Waals surface area contributed by atoms with E-state index >= 15 is 0 Å². The maximum atomic E-state index is 12.6. The van der Waals surface area contributed by atoms with Gasteiger partial charge in [-0.05, 0) is 87.0 Å². The summed E-state index contributed by atoms with van der Waals surface area (Å²) in [5, 5.41) is 5.24. The van der Waals surface area contributed by atoms with E-state index in [2.05, 4.69) is 37.5 Å². The Morgan fingerprint density at radius 2 is 1.93 bits per heavy atom. The molecule has 1 N–H and O–H groups in total. The van der Waals surface area contributed by atoms with Crippen LogP contribution in [0.25, 0.3) is 0 Å². The number of hydrogen-bond donors (Lipinski definition) is 1. The topological polar surface area (TPSA) is 29.1 Å². The average molecular weight is 388 g/mol. The van der Waals surface area contributed by atoms with Crippen LogP contribution in [0.15, 0.2) is 12.2 Å². The van der Waals surface area contributed by atoms with E-state index in [1.165, 1.54) is 57.2 Å². The van der Waals surface area contributed by atoms with Gasteiger partial charge in [-0.3, -0.25) is 4.79 Å². The van der Waals surface area contributed by atoms with Gasteiger partial charge >= 0.3 is 0 Å². The van der Waals surface area contributed by atoms with Gasteiger partial charge in [0.1, 0.15) is 5.78 Å². The monoisotopic (exact) mass is 387 g/mol. The van der Waals surface area contributed by atoms with Crippen LogP contribution in [0.4, 0.5) is 0 Å². The first-order valence-corrected chi connectivity index (χ1v) is 12.4. The third-order valence-corrected chi connectivity index (χ3v) is 11.3. The van der Waals surface area contributed by atoms with Crippen molar-refractivity contribution < 1.29 is 4.79 Å². The molecule has 0 aromatic rings. The third kappa shape index (κ3) is 2.81. The molecule has 1 aliphatic heterocycles. The summed E-state index contributed by atoms with van der Waals surface area (Å²) in [4.78, 5) is 12.6. The third-order valence-electron chi connectivity index (χ3n) is 9.69. The van der Waals surface area contributed by atoms with Gasteiger partial charge in [0.15, 0.2) is 0 Å². The number of hydrogen-bond acceptors (Lipinski definition) is 3. The lowest BCUT2D eigenvalue weighted by molar-refractivity contribution is -0.134. The second kappa shape index (κ2) is 6.62. The second-order valence-corrected chi connectivity index (χ2v) is 12.5. The molecule has 2 nitrogen and oxygen atoms in total. The number of ketones is 1. The number of allylic oxidation sites excluding steroid dienone is 1. The summed E-state index contributed by atoms with van der Waals surface area (Å²) in [7, 11) is 0. The first-order valence-electron chi connectivity index (χ1n) is 11.5. The Labute approximate surface area is 169 Å². The van der Waals surface area contributed by atoms with Gasteiger partial charge in [-0.2, -0.15) is 11.8 Å². The van der Waals surface area contributed by atoms with Crippen LogP contribution < -0.4 is 5.32 Å². The van der Waals surface area contributed by atoms with E-state index in [0.29, 0.717) is 23.0 Å². The quantitative estimate of drug-likeness (QED) is 0.658. The van der Waals surface area contributed by atoms with Crippen molar-refractivity contribution in [3.8, 4) is 0 Å². The fourth-order valence-electron chi connectivity index (χ4n) is 8.00. The molecule has 1 heterocycles. The Kier molecular flexibility index (Phi) is 4.59. The Morgan fingerprint density at radius 3 is 2.70 bits per heavy atom. The Balaban J connectivity index is 1.35. The number of rotatable bonds is 2. The fourth-order valence-corrected chi connectivity index (χ4v) is 9.61. The van der Waals surface area contributed by atoms with E-state index in [1.54, 1.807) is 0 Å². The number of thioether (sulfide) groups is 1. The summed E-state index contributed by atoms with van der Waals surface area (Å²) in [6.45, 7) is 12.0. The Hall–Kier alpha value is -0.280. The van der Waals surface area contributed by atoms with Gasteiger partial charge in [0.25, 0.3) is 0 Å². The van der Waals surface area contributed by atoms with Crippen LogP contribution in [0.1, 0.15) is 71.6 Å². The van der Waals surface area contributed by atoms with E-state index in [0.717, 1.165) is 41.6 Å². The maximum absolute atomic E-state index is 12.6. The second-order valence-electron chi connectivity index (χ2n) is 10.9. The zero-order valence-corrected chi connectivity index (χ0v) is 18.1. The van der Waals surface area contributed by atoms with Crippen molar-refractivity contribution in [1.29, 1.82) is 0 Å². The fraction of sp³-hybridized carbons (Fsp3) is 0.875. The van der Waals surface area contributed by atoms with Gasteiger partial charge in [0.2, 0.25) is 0 Å². The number of nitrogens with one attached hydrogen (secondary N) is 1. The number of fused-ring (bicyclic) bond motifs is 5. The van der Waals surface area contributed by atoms with Crippen LogP contribution >= 0.6 is 11.8 Å². The molecular weight excluding hydrogens is 350 g/mol. The molecule has 27 heavy (non-hydrogen) atoms. The summed E-state index contributed by atoms with van der Waals surface area (Å²) in [6, 6.07) is 0. The molecular formula is C24H37NOS. The van der Waals surface area contributed by atoms with Gasteiger partial charge in [0, 0.05) is 28.9 Å². The van der Waals surface area contributed by atoms with Gasteiger partial charge in [-0.15, -0.1) is 0 Å². The predicted molar refractivity (Wildman–Crippen MR) is 114 cm³/mol. The van der Waals surface area contributed by atoms with Gasteiger partial charge < -0.3 is 5.32 Å². The Bertz CT molecular complexity index is 640. The van der Waals surface area contributed by atoms with Crippen LogP contribution in [-0.4, -0.2) is 29.4 Å². The Morgan fingerprint density at radius 1 is 1.07 bits per heavy atom. The minimum absolute atomic E-state index is 0.0319. The summed E-state index contributed by atoms with van der Waals surface area (Å²) in [5.74, 6) is 3.38. The lowest BCUT2D eigenvalue weighted by Gasteiger charge is -2.61. The molecule has 0 spiro atoms. The minimum Gasteiger partial charge on any atom is -0.316 e. The molecule has 0 radical (unpaired) electrons. The van der Waals surface area contributed by atoms with Crippen LogP contribution in [-0.2, 0) is 4.79 Å². The molecule has 0 amide bonds. The first-order chi connectivity index (χ1) is 12.9. The molecule has 0 aromatic heterocycles. The zero-order chi connectivity index (χ0) is 18.8. The SMILES string of the molecule is C=C1CC2CC(S[C@@H]3CCNC3)CC[C@]2(C)[C@@H]2CC[C@]3(C)C(=O)CC[C@H]3[C@H]12. The maximum Gasteiger partial charge on any atom is 0.139 e. The van der Waals surface area contributed by atoms with E-state index in [1.807, 2.05) is 0 Å². The van der Waals surface area contributed by atoms with Crippen molar-refractivity contribution in [2.45, 2.75) is 82.1 Å². The average Bonchev–Trinajstić information content (AvgIpc) is 3.25. The summed E-state index contributed by atoms with van der Waals surface area (Å²) in [5.41, 5.74) is 1.97. The largest absolute Gasteiger partial charge is 0.316 e. The molecule has 4 aliphatic carbocycles. The molecule has 0 aromatic carbocycles. The molecule has 1 saturated heterocycles. The number of carbonyl (C=O) groups is 1. The number of carbonyl (C=O) groups excluding carboxylic acids is 1. The van der Waals surface area contributed by atoms with Crippen molar-refractivity contribution in [1.82, 2.24) is 5.32 Å². The van der Waals surface area contributed by atoms with Crippen molar-refractivity contribution in [2.24, 2.45) is 34.5 Å². The van der Waals surface area contributed by atoms with Crippen LogP contribution in [0, 0.1) is 34.5 Å². The van der Waals surface area contributed by atoms with Crippen LogP contribution in [0.5, 0.6) is 0 Å². The smallest absolute Gasteiger partial charge is 0.139 e. The summed E-state index contributed by atoms with van der Waals surface area (Å²) < 4.78 is 0. The lowest BCUT2D eigenvalue weighted by atomic mass is 9.44. The van der Waals surface area contributed by atoms with Crippen molar-refractivity contribution in [3.63, 3.8) is 0 Å². The molecule has 2 unspecified atom stereocenters. The highest BCUT2D eigenvalue weighted by Gasteiger charge is 2.61. The van der Waals surface area contributed by atoms with E-state index in [4.69, 9.17) is 0 Å². The highest BCUT2D eigenvalue weighted by atomic mass is 32.2. The summed E-state index contributed by atoms with van der Waals surface area (Å²) >= 11 is 2.29. The molecule has 8 atom stereocenters. The first kappa shape index (κ1) is 18.7. The standard InChI is InChI=1S/C24H37NOS/c1-15-12-16-13-17(27-18-8-11-25-14-18)6-9-23(16,2)20-7-10-24(3)19(22(15)20)4-5-21(24)26/h16-20,22,25H,1,4-14H2,2-3H3/t16?,17?,18-,19+,20-,22+,23+,24+/m1/s1. The lowest BCUT2D eigenvalue weighted by Crippen LogP contribution is -2.54. The number of Topliss-reactive ketones (excluding diaryl/α,β-unsaturated/α-hetero) is 1. The van der Waals surface area contributed by atoms with E-state index in [-0.39, 0.29) is 5.41 Å². The highest BCUT2D eigenvalue weighted by Crippen LogP contribution is 2.67. The van der Waals surface area contributed by atoms with Crippen LogP contribution in [0.2, 0.25) is 0 Å². The molecule has 5 rings (SSSR count). The minimum atomic E-state index is -0.0319. The van der Waals surface area contributed by atoms with Crippen molar-refractivity contribution in [2.75, 3.05) is 13.1 Å². The van der Waals surface area contributed by atoms with Crippen molar-refractivity contribution >= 4 is 17.5 Å². The predicted octanol–water partition coefficient (Wildman–Crippen LogP) is 5.23. The zero-order valence-electron chi connectivity index (χ0n) is 17.3. The molecule has 3 heteroatoms. The van der Waals surface area contributed by atoms with Crippen molar-refractivity contribution in [3.05, 3.63) is 12.2 Å². The van der Waals surface area contributed by atoms with Gasteiger partial charge in [0.05, 0.1) is 0 Å². The molecule has 4 saturated carbocycles. The summed E-state index contributed by atoms with van der Waals surface area (Å²) in [6.07, 6.45) is 11.2. The highest BCUT2D eigenvalue weighted by molar-refractivity contribution is 8.00. The normalized spacial score (nSPS) is 52.4. The molecule has 0 bridgehead atoms. The molecule has 5 fully saturated rings. The van der Waals surface area contributed by atoms with Crippen LogP contribution in [0.3, 0.4) is 0 Å². The van der Waals surface area contributed by atoms with Gasteiger partial charge in [-0.1, -0.05) is 26.0 Å². The molecule has 5 aliphatic rings. The van der Waals surface area contributed by atoms with E-state index < -0.39 is 0 Å². The van der Waals surface area contributed by atoms with E-state index in [9.17, 15) is 4.79 Å². The molecule has 150 valence electrons. The van der Waals surface area contributed by atoms with Gasteiger partial charge in [-0.25, -0.2) is 0 Å².